The molecule has 2 rings (SSSR count). The van der Waals surface area contributed by atoms with Gasteiger partial charge in [0.15, 0.2) is 0 Å². The summed E-state index contributed by atoms with van der Waals surface area (Å²) in [5, 5.41) is 3.91. The minimum Gasteiger partial charge on any atom is -0.365 e. The summed E-state index contributed by atoms with van der Waals surface area (Å²) < 4.78 is 35.1. The van der Waals surface area contributed by atoms with Crippen molar-refractivity contribution in [1.29, 1.82) is 0 Å². The van der Waals surface area contributed by atoms with E-state index < -0.39 is 10.0 Å². The first-order valence-corrected chi connectivity index (χ1v) is 8.33. The van der Waals surface area contributed by atoms with Gasteiger partial charge in [-0.2, -0.15) is 4.31 Å². The van der Waals surface area contributed by atoms with E-state index in [0.717, 1.165) is 5.56 Å². The number of amides is 1. The van der Waals surface area contributed by atoms with Crippen LogP contribution >= 0.6 is 0 Å². The molecule has 0 aliphatic carbocycles. The maximum atomic E-state index is 11.6. The second-order valence-electron chi connectivity index (χ2n) is 5.16. The molecule has 0 atom stereocenters. The highest BCUT2D eigenvalue weighted by molar-refractivity contribution is 7.88. The maximum absolute atomic E-state index is 11.6. The second kappa shape index (κ2) is 6.12. The van der Waals surface area contributed by atoms with E-state index in [0.29, 0.717) is 24.4 Å². The second-order valence-corrected chi connectivity index (χ2v) is 7.14. The Kier molecular flexibility index (Phi) is 4.64. The van der Waals surface area contributed by atoms with Crippen molar-refractivity contribution in [2.75, 3.05) is 33.5 Å². The predicted octanol–water partition coefficient (Wildman–Crippen LogP) is -0.403. The number of hydrogen-bond acceptors (Lipinski definition) is 6. The molecule has 0 spiro atoms. The molecule has 8 nitrogen and oxygen atoms in total. The van der Waals surface area contributed by atoms with E-state index in [1.165, 1.54) is 15.5 Å². The molecule has 0 fully saturated rings. The summed E-state index contributed by atoms with van der Waals surface area (Å²) in [6.07, 6.45) is 1.67. The molecule has 21 heavy (non-hydrogen) atoms. The molecule has 0 saturated heterocycles. The third-order valence-corrected chi connectivity index (χ3v) is 4.56. The van der Waals surface area contributed by atoms with E-state index >= 15 is 0 Å². The Labute approximate surface area is 123 Å². The van der Waals surface area contributed by atoms with Gasteiger partial charge in [-0.05, 0) is 0 Å². The Hall–Kier alpha value is -1.45. The Morgan fingerprint density at radius 2 is 2.19 bits per heavy atom. The van der Waals surface area contributed by atoms with Gasteiger partial charge < -0.3 is 14.2 Å². The van der Waals surface area contributed by atoms with Crippen LogP contribution in [0, 0.1) is 0 Å². The number of carbonyl (C=O) groups is 1. The first-order chi connectivity index (χ1) is 9.79. The Morgan fingerprint density at radius 1 is 1.48 bits per heavy atom. The van der Waals surface area contributed by atoms with Gasteiger partial charge in [0.1, 0.15) is 18.1 Å². The van der Waals surface area contributed by atoms with E-state index in [-0.39, 0.29) is 25.7 Å². The summed E-state index contributed by atoms with van der Waals surface area (Å²) >= 11 is 0. The van der Waals surface area contributed by atoms with Crippen molar-refractivity contribution >= 4 is 15.9 Å². The van der Waals surface area contributed by atoms with Gasteiger partial charge in [0.05, 0.1) is 12.9 Å². The molecule has 118 valence electrons. The zero-order chi connectivity index (χ0) is 15.6. The lowest BCUT2D eigenvalue weighted by atomic mass is 10.1. The number of ether oxygens (including phenoxy) is 1. The fourth-order valence-electron chi connectivity index (χ4n) is 2.00. The molecular formula is C12H19N3O5S. The first kappa shape index (κ1) is 15.9. The van der Waals surface area contributed by atoms with Crippen LogP contribution in [0.3, 0.4) is 0 Å². The fourth-order valence-corrected chi connectivity index (χ4v) is 2.79. The third-order valence-electron chi connectivity index (χ3n) is 3.31. The maximum Gasteiger partial charge on any atom is 0.248 e. The molecule has 2 heterocycles. The highest BCUT2D eigenvalue weighted by Crippen LogP contribution is 2.24. The summed E-state index contributed by atoms with van der Waals surface area (Å²) in [4.78, 5) is 12.8. The molecule has 1 aliphatic rings. The summed E-state index contributed by atoms with van der Waals surface area (Å²) in [5.41, 5.74) is 1.29. The molecule has 1 amide bonds. The number of likely N-dealkylation sites (N-methyl/N-ethyl adjacent to an activating group) is 1. The lowest BCUT2D eigenvalue weighted by molar-refractivity contribution is -0.134. The number of aromatic nitrogens is 1. The minimum absolute atomic E-state index is 0.0512. The van der Waals surface area contributed by atoms with Crippen LogP contribution in [0.5, 0.6) is 0 Å². The summed E-state index contributed by atoms with van der Waals surface area (Å²) in [5.74, 6) is 0.539. The van der Waals surface area contributed by atoms with E-state index in [1.807, 2.05) is 0 Å². The lowest BCUT2D eigenvalue weighted by Gasteiger charge is -2.23. The van der Waals surface area contributed by atoms with Crippen molar-refractivity contribution in [2.45, 2.75) is 19.6 Å². The number of nitrogens with zero attached hydrogens (tertiary/aromatic N) is 3. The van der Waals surface area contributed by atoms with Crippen LogP contribution in [0.15, 0.2) is 4.52 Å². The summed E-state index contributed by atoms with van der Waals surface area (Å²) in [7, 11) is 0.0468. The van der Waals surface area contributed by atoms with Gasteiger partial charge in [-0.3, -0.25) is 4.79 Å². The Bertz CT molecular complexity index is 623. The van der Waals surface area contributed by atoms with E-state index in [9.17, 15) is 13.2 Å². The van der Waals surface area contributed by atoms with Crippen molar-refractivity contribution in [2.24, 2.45) is 0 Å². The highest BCUT2D eigenvalue weighted by atomic mass is 32.2. The molecular weight excluding hydrogens is 298 g/mol. The van der Waals surface area contributed by atoms with Gasteiger partial charge in [-0.1, -0.05) is 5.16 Å². The van der Waals surface area contributed by atoms with E-state index in [4.69, 9.17) is 9.26 Å². The van der Waals surface area contributed by atoms with Crippen LogP contribution in [0.2, 0.25) is 0 Å². The predicted molar refractivity (Wildman–Crippen MR) is 73.8 cm³/mol. The van der Waals surface area contributed by atoms with Crippen molar-refractivity contribution in [3.63, 3.8) is 0 Å². The molecule has 0 saturated carbocycles. The highest BCUT2D eigenvalue weighted by Gasteiger charge is 2.28. The van der Waals surface area contributed by atoms with Crippen LogP contribution in [0.1, 0.15) is 17.0 Å². The normalized spacial score (nSPS) is 15.8. The number of hydrogen-bond donors (Lipinski definition) is 0. The number of fused-ring (bicyclic) bond motifs is 1. The van der Waals surface area contributed by atoms with Gasteiger partial charge in [-0.25, -0.2) is 8.42 Å². The average molecular weight is 317 g/mol. The van der Waals surface area contributed by atoms with Crippen molar-refractivity contribution in [3.8, 4) is 0 Å². The average Bonchev–Trinajstić information content (AvgIpc) is 2.80. The standard InChI is InChI=1S/C12H19N3O5S/c1-14(2)12(16)8-19-7-10-9-6-15(21(3,17)18)5-4-11(9)20-13-10/h4-8H2,1-3H3. The van der Waals surface area contributed by atoms with Crippen LogP contribution in [-0.2, 0) is 39.1 Å². The summed E-state index contributed by atoms with van der Waals surface area (Å²) in [6, 6.07) is 0. The van der Waals surface area contributed by atoms with Crippen LogP contribution < -0.4 is 0 Å². The molecule has 1 aromatic heterocycles. The van der Waals surface area contributed by atoms with Crippen LogP contribution in [0.25, 0.3) is 0 Å². The molecule has 1 aliphatic heterocycles. The quantitative estimate of drug-likeness (QED) is 0.733. The zero-order valence-corrected chi connectivity index (χ0v) is 13.1. The molecule has 9 heteroatoms. The minimum atomic E-state index is -3.25. The van der Waals surface area contributed by atoms with Gasteiger partial charge >= 0.3 is 0 Å². The topological polar surface area (TPSA) is 93.0 Å². The van der Waals surface area contributed by atoms with Gasteiger partial charge in [-0.15, -0.1) is 0 Å². The smallest absolute Gasteiger partial charge is 0.248 e. The lowest BCUT2D eigenvalue weighted by Crippen LogP contribution is -2.35. The van der Waals surface area contributed by atoms with E-state index in [1.54, 1.807) is 14.1 Å². The largest absolute Gasteiger partial charge is 0.365 e. The van der Waals surface area contributed by atoms with Crippen molar-refractivity contribution in [1.82, 2.24) is 14.4 Å². The first-order valence-electron chi connectivity index (χ1n) is 6.48. The monoisotopic (exact) mass is 317 g/mol. The van der Waals surface area contributed by atoms with Crippen LogP contribution in [0.4, 0.5) is 0 Å². The van der Waals surface area contributed by atoms with E-state index in [2.05, 4.69) is 5.16 Å². The summed E-state index contributed by atoms with van der Waals surface area (Å²) in [6.45, 7) is 0.693. The van der Waals surface area contributed by atoms with Crippen LogP contribution in [-0.4, -0.2) is 62.2 Å². The fraction of sp³-hybridized carbons (Fsp3) is 0.667. The van der Waals surface area contributed by atoms with Gasteiger partial charge in [0.25, 0.3) is 0 Å². The Balaban J connectivity index is 2.01. The van der Waals surface area contributed by atoms with Gasteiger partial charge in [0.2, 0.25) is 15.9 Å². The zero-order valence-electron chi connectivity index (χ0n) is 12.3. The number of sulfonamides is 1. The molecule has 0 N–H and O–H groups in total. The molecule has 0 aromatic carbocycles. The molecule has 1 aromatic rings. The molecule has 0 unspecified atom stereocenters. The Morgan fingerprint density at radius 3 is 2.81 bits per heavy atom. The molecule has 0 bridgehead atoms. The number of rotatable bonds is 5. The van der Waals surface area contributed by atoms with Crippen molar-refractivity contribution < 1.29 is 22.5 Å². The molecule has 0 radical (unpaired) electrons. The number of carbonyl (C=O) groups excluding carboxylic acids is 1. The van der Waals surface area contributed by atoms with Gasteiger partial charge in [0, 0.05) is 39.2 Å². The van der Waals surface area contributed by atoms with Crippen molar-refractivity contribution in [3.05, 3.63) is 17.0 Å². The third kappa shape index (κ3) is 3.80. The SMILES string of the molecule is CN(C)C(=O)COCc1noc2c1CN(S(C)(=O)=O)CC2.